The summed E-state index contributed by atoms with van der Waals surface area (Å²) in [6.45, 7) is 5.19. The van der Waals surface area contributed by atoms with Crippen LogP contribution in [-0.4, -0.2) is 24.3 Å². The first-order chi connectivity index (χ1) is 12.8. The molecular weight excluding hydrogens is 348 g/mol. The van der Waals surface area contributed by atoms with Gasteiger partial charge in [-0.1, -0.05) is 0 Å². The largest absolute Gasteiger partial charge is 0.497 e. The average Bonchev–Trinajstić information content (AvgIpc) is 2.65. The lowest BCUT2D eigenvalue weighted by atomic mass is 10.0. The van der Waals surface area contributed by atoms with E-state index in [-0.39, 0.29) is 11.5 Å². The summed E-state index contributed by atoms with van der Waals surface area (Å²) >= 11 is 0. The third-order valence-electron chi connectivity index (χ3n) is 4.46. The standard InChI is InChI=1S/C21H20O6/c1-11-9-16-17(10-12(11)2)27-19(14-5-7-15(25-4)8-6-14)20(18(16)22)26-13(3)21(23)24/h5-10,13H,1-4H3,(H,23,24)/t13-/m1/s1. The van der Waals surface area contributed by atoms with Crippen LogP contribution in [0, 0.1) is 13.8 Å². The van der Waals surface area contributed by atoms with Crippen LogP contribution in [-0.2, 0) is 4.79 Å². The van der Waals surface area contributed by atoms with Gasteiger partial charge < -0.3 is 19.0 Å². The summed E-state index contributed by atoms with van der Waals surface area (Å²) in [5, 5.41) is 9.53. The van der Waals surface area contributed by atoms with Crippen LogP contribution in [0.4, 0.5) is 0 Å². The van der Waals surface area contributed by atoms with Gasteiger partial charge in [0.15, 0.2) is 11.9 Å². The minimum atomic E-state index is -1.20. The van der Waals surface area contributed by atoms with Gasteiger partial charge in [-0.2, -0.15) is 0 Å². The third kappa shape index (κ3) is 3.51. The van der Waals surface area contributed by atoms with Gasteiger partial charge in [-0.25, -0.2) is 4.79 Å². The van der Waals surface area contributed by atoms with Crippen molar-refractivity contribution in [3.8, 4) is 22.8 Å². The predicted octanol–water partition coefficient (Wildman–Crippen LogP) is 3.94. The van der Waals surface area contributed by atoms with E-state index in [1.54, 1.807) is 43.5 Å². The van der Waals surface area contributed by atoms with Crippen LogP contribution < -0.4 is 14.9 Å². The Hall–Kier alpha value is -3.28. The van der Waals surface area contributed by atoms with Gasteiger partial charge in [-0.05, 0) is 68.3 Å². The van der Waals surface area contributed by atoms with E-state index in [0.29, 0.717) is 22.3 Å². The Labute approximate surface area is 156 Å². The topological polar surface area (TPSA) is 86.0 Å². The highest BCUT2D eigenvalue weighted by Crippen LogP contribution is 2.33. The van der Waals surface area contributed by atoms with Crippen LogP contribution >= 0.6 is 0 Å². The second-order valence-corrected chi connectivity index (χ2v) is 6.35. The predicted molar refractivity (Wildman–Crippen MR) is 102 cm³/mol. The van der Waals surface area contributed by atoms with Crippen molar-refractivity contribution in [2.24, 2.45) is 0 Å². The number of carboxylic acid groups (broad SMARTS) is 1. The monoisotopic (exact) mass is 368 g/mol. The van der Waals surface area contributed by atoms with E-state index in [4.69, 9.17) is 13.9 Å². The molecule has 0 fully saturated rings. The number of rotatable bonds is 5. The Bertz CT molecular complexity index is 1060. The molecule has 27 heavy (non-hydrogen) atoms. The van der Waals surface area contributed by atoms with Gasteiger partial charge in [0, 0.05) is 5.56 Å². The summed E-state index contributed by atoms with van der Waals surface area (Å²) in [6, 6.07) is 10.4. The number of benzene rings is 2. The van der Waals surface area contributed by atoms with Crippen molar-refractivity contribution in [1.82, 2.24) is 0 Å². The molecule has 0 saturated heterocycles. The number of carbonyl (C=O) groups is 1. The minimum absolute atomic E-state index is 0.120. The number of methoxy groups -OCH3 is 1. The summed E-state index contributed by atoms with van der Waals surface area (Å²) in [4.78, 5) is 24.3. The minimum Gasteiger partial charge on any atom is -0.497 e. The molecular formula is C21H20O6. The quantitative estimate of drug-likeness (QED) is 0.734. The summed E-state index contributed by atoms with van der Waals surface area (Å²) in [5.41, 5.74) is 2.52. The number of hydrogen-bond donors (Lipinski definition) is 1. The summed E-state index contributed by atoms with van der Waals surface area (Å²) in [7, 11) is 1.55. The highest BCUT2D eigenvalue weighted by Gasteiger charge is 2.23. The number of aryl methyl sites for hydroxylation is 2. The molecule has 1 N–H and O–H groups in total. The molecule has 0 saturated carbocycles. The Morgan fingerprint density at radius 3 is 2.33 bits per heavy atom. The van der Waals surface area contributed by atoms with Crippen molar-refractivity contribution >= 4 is 16.9 Å². The van der Waals surface area contributed by atoms with E-state index in [9.17, 15) is 14.7 Å². The zero-order valence-corrected chi connectivity index (χ0v) is 15.5. The molecule has 0 aliphatic carbocycles. The lowest BCUT2D eigenvalue weighted by Crippen LogP contribution is -2.26. The normalized spacial score (nSPS) is 12.0. The maximum atomic E-state index is 13.1. The van der Waals surface area contributed by atoms with E-state index in [1.165, 1.54) is 6.92 Å². The molecule has 0 aliphatic rings. The molecule has 3 rings (SSSR count). The van der Waals surface area contributed by atoms with Crippen molar-refractivity contribution in [2.75, 3.05) is 7.11 Å². The van der Waals surface area contributed by atoms with Crippen LogP contribution in [0.15, 0.2) is 45.6 Å². The first-order valence-electron chi connectivity index (χ1n) is 8.43. The fourth-order valence-corrected chi connectivity index (χ4v) is 2.70. The van der Waals surface area contributed by atoms with Crippen LogP contribution in [0.5, 0.6) is 11.5 Å². The van der Waals surface area contributed by atoms with Gasteiger partial charge in [0.05, 0.1) is 12.5 Å². The Morgan fingerprint density at radius 2 is 1.74 bits per heavy atom. The van der Waals surface area contributed by atoms with Crippen molar-refractivity contribution < 1.29 is 23.8 Å². The first kappa shape index (κ1) is 18.5. The zero-order valence-electron chi connectivity index (χ0n) is 15.5. The van der Waals surface area contributed by atoms with Crippen LogP contribution in [0.1, 0.15) is 18.1 Å². The molecule has 1 aromatic heterocycles. The van der Waals surface area contributed by atoms with Crippen molar-refractivity contribution in [1.29, 1.82) is 0 Å². The summed E-state index contributed by atoms with van der Waals surface area (Å²) in [6.07, 6.45) is -1.20. The number of fused-ring (bicyclic) bond motifs is 1. The second-order valence-electron chi connectivity index (χ2n) is 6.35. The van der Waals surface area contributed by atoms with E-state index in [2.05, 4.69) is 0 Å². The fourth-order valence-electron chi connectivity index (χ4n) is 2.70. The number of carboxylic acids is 1. The molecule has 1 atom stereocenters. The van der Waals surface area contributed by atoms with Gasteiger partial charge in [0.2, 0.25) is 11.2 Å². The molecule has 6 heteroatoms. The molecule has 3 aromatic rings. The number of hydrogen-bond acceptors (Lipinski definition) is 5. The fraction of sp³-hybridized carbons (Fsp3) is 0.238. The smallest absolute Gasteiger partial charge is 0.344 e. The highest BCUT2D eigenvalue weighted by atomic mass is 16.5. The Morgan fingerprint density at radius 1 is 1.11 bits per heavy atom. The summed E-state index contributed by atoms with van der Waals surface area (Å²) < 4.78 is 16.6. The van der Waals surface area contributed by atoms with Crippen LogP contribution in [0.25, 0.3) is 22.3 Å². The zero-order chi connectivity index (χ0) is 19.7. The molecule has 0 amide bonds. The molecule has 2 aromatic carbocycles. The molecule has 0 aliphatic heterocycles. The highest BCUT2D eigenvalue weighted by molar-refractivity contribution is 5.84. The van der Waals surface area contributed by atoms with Gasteiger partial charge in [0.1, 0.15) is 11.3 Å². The van der Waals surface area contributed by atoms with Crippen LogP contribution in [0.3, 0.4) is 0 Å². The number of aliphatic carboxylic acids is 1. The molecule has 0 spiro atoms. The average molecular weight is 368 g/mol. The van der Waals surface area contributed by atoms with Gasteiger partial charge in [0.25, 0.3) is 0 Å². The van der Waals surface area contributed by atoms with Crippen molar-refractivity contribution in [2.45, 2.75) is 26.9 Å². The molecule has 0 unspecified atom stereocenters. The Balaban J connectivity index is 2.29. The number of ether oxygens (including phenoxy) is 2. The molecule has 1 heterocycles. The summed E-state index contributed by atoms with van der Waals surface area (Å²) in [5.74, 6) is -0.456. The van der Waals surface area contributed by atoms with E-state index < -0.39 is 17.5 Å². The third-order valence-corrected chi connectivity index (χ3v) is 4.46. The van der Waals surface area contributed by atoms with Gasteiger partial charge in [-0.3, -0.25) is 4.79 Å². The maximum Gasteiger partial charge on any atom is 0.344 e. The SMILES string of the molecule is COc1ccc(-c2oc3cc(C)c(C)cc3c(=O)c2O[C@H](C)C(=O)O)cc1. The van der Waals surface area contributed by atoms with E-state index in [0.717, 1.165) is 11.1 Å². The van der Waals surface area contributed by atoms with Crippen molar-refractivity contribution in [3.63, 3.8) is 0 Å². The van der Waals surface area contributed by atoms with Gasteiger partial charge >= 0.3 is 5.97 Å². The molecule has 0 bridgehead atoms. The maximum absolute atomic E-state index is 13.1. The first-order valence-corrected chi connectivity index (χ1v) is 8.43. The lowest BCUT2D eigenvalue weighted by molar-refractivity contribution is -0.144. The van der Waals surface area contributed by atoms with Gasteiger partial charge in [-0.15, -0.1) is 0 Å². The van der Waals surface area contributed by atoms with E-state index >= 15 is 0 Å². The van der Waals surface area contributed by atoms with E-state index in [1.807, 2.05) is 13.8 Å². The van der Waals surface area contributed by atoms with Crippen LogP contribution in [0.2, 0.25) is 0 Å². The van der Waals surface area contributed by atoms with Crippen molar-refractivity contribution in [3.05, 3.63) is 57.7 Å². The molecule has 6 nitrogen and oxygen atoms in total. The second kappa shape index (κ2) is 7.15. The molecule has 140 valence electrons. The Kier molecular flexibility index (Phi) is 4.90. The molecule has 0 radical (unpaired) electrons. The lowest BCUT2D eigenvalue weighted by Gasteiger charge is -2.15.